The van der Waals surface area contributed by atoms with Gasteiger partial charge in [0, 0.05) is 6.20 Å². The van der Waals surface area contributed by atoms with Crippen molar-refractivity contribution in [2.24, 2.45) is 0 Å². The molecule has 3 aromatic rings. The standard InChI is InChI=1S/C14H18FN6O13P3/c1-14(15)9(22)7(3-31-36(26,27)34-37(28,29)33-35(23,24)25)32-13(14)21-2-6(11-19-5-30-20-11)8-10(16)17-4-18-12(8)21/h2,4-5,7,9,13,22H,3H2,1H3,(H,26,27)(H,28,29)(H2,16,17,18)(H2,23,24,25)/t7-,9-,13-,14+/m1/s1. The van der Waals surface area contributed by atoms with Gasteiger partial charge in [-0.05, 0) is 6.92 Å². The number of aromatic nitrogens is 5. The van der Waals surface area contributed by atoms with Crippen LogP contribution in [0, 0.1) is 0 Å². The number of rotatable bonds is 9. The number of anilines is 1. The van der Waals surface area contributed by atoms with Crippen molar-refractivity contribution in [1.82, 2.24) is 24.7 Å². The summed E-state index contributed by atoms with van der Waals surface area (Å²) in [6, 6.07) is 0. The predicted molar refractivity (Wildman–Crippen MR) is 114 cm³/mol. The molecule has 3 aromatic heterocycles. The summed E-state index contributed by atoms with van der Waals surface area (Å²) in [4.78, 5) is 47.9. The van der Waals surface area contributed by atoms with Gasteiger partial charge in [-0.25, -0.2) is 28.1 Å². The van der Waals surface area contributed by atoms with Crippen LogP contribution in [0.3, 0.4) is 0 Å². The van der Waals surface area contributed by atoms with E-state index < -0.39 is 54.2 Å². The number of alkyl halides is 1. The van der Waals surface area contributed by atoms with Gasteiger partial charge in [-0.1, -0.05) is 5.16 Å². The van der Waals surface area contributed by atoms with Crippen LogP contribution in [0.4, 0.5) is 10.2 Å². The molecule has 204 valence electrons. The molecule has 0 aromatic carbocycles. The maximum Gasteiger partial charge on any atom is 0.490 e. The number of aliphatic hydroxyl groups is 1. The molecular weight excluding hydrogens is 572 g/mol. The third-order valence-electron chi connectivity index (χ3n) is 5.03. The lowest BCUT2D eigenvalue weighted by Gasteiger charge is -2.25. The van der Waals surface area contributed by atoms with Crippen LogP contribution in [-0.4, -0.2) is 73.8 Å². The molecule has 0 radical (unpaired) electrons. The minimum atomic E-state index is -5.78. The number of phosphoric ester groups is 1. The zero-order valence-corrected chi connectivity index (χ0v) is 20.9. The van der Waals surface area contributed by atoms with E-state index in [-0.39, 0.29) is 28.2 Å². The van der Waals surface area contributed by atoms with Crippen molar-refractivity contribution in [3.8, 4) is 11.4 Å². The third-order valence-corrected chi connectivity index (χ3v) is 8.83. The van der Waals surface area contributed by atoms with E-state index in [0.717, 1.165) is 24.2 Å². The molecule has 19 nitrogen and oxygen atoms in total. The average molecular weight is 590 g/mol. The van der Waals surface area contributed by atoms with Crippen molar-refractivity contribution >= 4 is 40.3 Å². The summed E-state index contributed by atoms with van der Waals surface area (Å²) < 4.78 is 73.0. The number of aliphatic hydroxyl groups excluding tert-OH is 1. The molecule has 0 aliphatic carbocycles. The molecule has 37 heavy (non-hydrogen) atoms. The van der Waals surface area contributed by atoms with Crippen molar-refractivity contribution < 1.29 is 65.2 Å². The number of halogens is 1. The highest BCUT2D eigenvalue weighted by Crippen LogP contribution is 2.66. The number of nitrogens with two attached hydrogens (primary N) is 1. The molecular formula is C14H18FN6O13P3. The summed E-state index contributed by atoms with van der Waals surface area (Å²) >= 11 is 0. The number of nitrogen functional groups attached to an aromatic ring is 1. The molecule has 2 unspecified atom stereocenters. The maximum atomic E-state index is 15.7. The van der Waals surface area contributed by atoms with Crippen molar-refractivity contribution in [3.05, 3.63) is 18.9 Å². The van der Waals surface area contributed by atoms with E-state index in [1.54, 1.807) is 0 Å². The first-order valence-corrected chi connectivity index (χ1v) is 14.2. The minimum absolute atomic E-state index is 0.0214. The number of hydrogen-bond donors (Lipinski definition) is 6. The Morgan fingerprint density at radius 2 is 1.86 bits per heavy atom. The molecule has 0 bridgehead atoms. The monoisotopic (exact) mass is 590 g/mol. The summed E-state index contributed by atoms with van der Waals surface area (Å²) in [7, 11) is -16.9. The quantitative estimate of drug-likeness (QED) is 0.184. The molecule has 7 N–H and O–H groups in total. The molecule has 4 rings (SSSR count). The molecule has 23 heteroatoms. The van der Waals surface area contributed by atoms with Crippen LogP contribution in [-0.2, 0) is 31.6 Å². The van der Waals surface area contributed by atoms with E-state index in [4.69, 9.17) is 24.8 Å². The molecule has 0 amide bonds. The van der Waals surface area contributed by atoms with Gasteiger partial charge >= 0.3 is 23.5 Å². The van der Waals surface area contributed by atoms with Gasteiger partial charge in [0.15, 0.2) is 11.9 Å². The zero-order valence-electron chi connectivity index (χ0n) is 18.2. The highest BCUT2D eigenvalue weighted by molar-refractivity contribution is 7.66. The van der Waals surface area contributed by atoms with Crippen molar-refractivity contribution in [2.45, 2.75) is 31.0 Å². The summed E-state index contributed by atoms with van der Waals surface area (Å²) in [6.07, 6.45) is -1.89. The molecule has 1 aliphatic rings. The summed E-state index contributed by atoms with van der Waals surface area (Å²) in [6.45, 7) is -0.132. The molecule has 4 heterocycles. The van der Waals surface area contributed by atoms with E-state index in [1.807, 2.05) is 0 Å². The number of phosphoric acid groups is 3. The van der Waals surface area contributed by atoms with E-state index >= 15 is 4.39 Å². The Morgan fingerprint density at radius 3 is 2.49 bits per heavy atom. The fourth-order valence-electron chi connectivity index (χ4n) is 3.57. The van der Waals surface area contributed by atoms with Crippen LogP contribution in [0.2, 0.25) is 0 Å². The number of ether oxygens (including phenoxy) is 1. The van der Waals surface area contributed by atoms with Gasteiger partial charge in [0.2, 0.25) is 12.2 Å². The number of nitrogens with zero attached hydrogens (tertiary/aromatic N) is 5. The Kier molecular flexibility index (Phi) is 7.17. The molecule has 6 atom stereocenters. The zero-order chi connectivity index (χ0) is 27.4. The largest absolute Gasteiger partial charge is 0.490 e. The van der Waals surface area contributed by atoms with Crippen LogP contribution >= 0.6 is 23.5 Å². The maximum absolute atomic E-state index is 15.7. The predicted octanol–water partition coefficient (Wildman–Crippen LogP) is 0.393. The van der Waals surface area contributed by atoms with E-state index in [0.29, 0.717) is 0 Å². The Balaban J connectivity index is 1.59. The van der Waals surface area contributed by atoms with Crippen LogP contribution in [0.5, 0.6) is 0 Å². The lowest BCUT2D eigenvalue weighted by molar-refractivity contribution is -0.0557. The SMILES string of the molecule is C[C@]1(F)[C@H](O)[C@@H](COP(=O)(O)OP(=O)(O)OP(=O)(O)O)O[C@H]1n1cc(-c2ncon2)c2c(N)ncnc21. The summed E-state index contributed by atoms with van der Waals surface area (Å²) in [5, 5.41) is 14.4. The summed E-state index contributed by atoms with van der Waals surface area (Å²) in [5.41, 5.74) is 3.63. The van der Waals surface area contributed by atoms with Gasteiger partial charge in [-0.3, -0.25) is 4.52 Å². The van der Waals surface area contributed by atoms with Crippen LogP contribution in [0.15, 0.2) is 23.4 Å². The van der Waals surface area contributed by atoms with Crippen molar-refractivity contribution in [2.75, 3.05) is 12.3 Å². The second-order valence-electron chi connectivity index (χ2n) is 7.67. The Labute approximate surface area is 204 Å². The van der Waals surface area contributed by atoms with Crippen molar-refractivity contribution in [3.63, 3.8) is 0 Å². The van der Waals surface area contributed by atoms with Gasteiger partial charge in [-0.2, -0.15) is 13.6 Å². The molecule has 1 aliphatic heterocycles. The van der Waals surface area contributed by atoms with Gasteiger partial charge in [0.05, 0.1) is 17.6 Å². The van der Waals surface area contributed by atoms with Crippen LogP contribution in [0.1, 0.15) is 13.2 Å². The fraction of sp³-hybridized carbons (Fsp3) is 0.429. The Morgan fingerprint density at radius 1 is 1.16 bits per heavy atom. The lowest BCUT2D eigenvalue weighted by Crippen LogP contribution is -2.40. The summed E-state index contributed by atoms with van der Waals surface area (Å²) in [5.74, 6) is 0.0282. The minimum Gasteiger partial charge on any atom is -0.387 e. The van der Waals surface area contributed by atoms with Gasteiger partial charge in [-0.15, -0.1) is 0 Å². The molecule has 1 saturated heterocycles. The Bertz CT molecular complexity index is 1440. The van der Waals surface area contributed by atoms with Gasteiger partial charge < -0.3 is 44.2 Å². The lowest BCUT2D eigenvalue weighted by atomic mass is 9.98. The average Bonchev–Trinajstić information content (AvgIpc) is 3.43. The van der Waals surface area contributed by atoms with Crippen LogP contribution < -0.4 is 5.73 Å². The van der Waals surface area contributed by atoms with Crippen LogP contribution in [0.25, 0.3) is 22.4 Å². The van der Waals surface area contributed by atoms with Gasteiger partial charge in [0.1, 0.15) is 30.0 Å². The molecule has 0 saturated carbocycles. The third kappa shape index (κ3) is 5.80. The number of fused-ring (bicyclic) bond motifs is 1. The number of hydrogen-bond acceptors (Lipinski definition) is 14. The van der Waals surface area contributed by atoms with Gasteiger partial charge in [0.25, 0.3) is 0 Å². The van der Waals surface area contributed by atoms with E-state index in [2.05, 4.69) is 33.3 Å². The molecule has 1 fully saturated rings. The van der Waals surface area contributed by atoms with E-state index in [9.17, 15) is 28.6 Å². The smallest absolute Gasteiger partial charge is 0.387 e. The highest BCUT2D eigenvalue weighted by atomic mass is 31.3. The first kappa shape index (κ1) is 27.8. The first-order chi connectivity index (χ1) is 17.0. The first-order valence-electron chi connectivity index (χ1n) is 9.69. The van der Waals surface area contributed by atoms with Crippen molar-refractivity contribution in [1.29, 1.82) is 0 Å². The fourth-order valence-corrected chi connectivity index (χ4v) is 6.60. The highest BCUT2D eigenvalue weighted by Gasteiger charge is 2.56. The second-order valence-corrected chi connectivity index (χ2v) is 12.1. The Hall–Kier alpha value is -2.18. The van der Waals surface area contributed by atoms with E-state index in [1.165, 1.54) is 6.20 Å². The normalized spacial score (nSPS) is 27.8. The topological polar surface area (TPSA) is 285 Å². The second kappa shape index (κ2) is 9.53. The molecule has 0 spiro atoms.